The molecule has 6 heteroatoms. The van der Waals surface area contributed by atoms with Crippen LogP contribution in [0.5, 0.6) is 0 Å². The molecule has 0 spiro atoms. The van der Waals surface area contributed by atoms with Crippen molar-refractivity contribution in [1.82, 2.24) is 10.2 Å². The third-order valence-electron chi connectivity index (χ3n) is 9.10. The van der Waals surface area contributed by atoms with E-state index < -0.39 is 12.0 Å². The Morgan fingerprint density at radius 2 is 1.80 bits per heavy atom. The fraction of sp³-hybridized carbons (Fsp3) is 0.714. The van der Waals surface area contributed by atoms with Crippen molar-refractivity contribution < 1.29 is 14.3 Å². The van der Waals surface area contributed by atoms with Crippen molar-refractivity contribution in [2.75, 3.05) is 33.7 Å². The molecule has 0 amide bonds. The number of hydrogen-bond donors (Lipinski definition) is 2. The molecule has 0 aromatic heterocycles. The summed E-state index contributed by atoms with van der Waals surface area (Å²) in [6.07, 6.45) is 12.5. The van der Waals surface area contributed by atoms with E-state index in [0.717, 1.165) is 0 Å². The largest absolute Gasteiger partial charge is 0.480 e. The van der Waals surface area contributed by atoms with Crippen molar-refractivity contribution in [3.8, 4) is 0 Å². The first-order valence-corrected chi connectivity index (χ1v) is 16.2. The van der Waals surface area contributed by atoms with Gasteiger partial charge in [0.25, 0.3) is 0 Å². The summed E-state index contributed by atoms with van der Waals surface area (Å²) in [7, 11) is 3.61. The number of piperidine rings is 1. The number of likely N-dealkylation sites (tertiary alicyclic amines) is 1. The normalized spacial score (nSPS) is 25.2. The van der Waals surface area contributed by atoms with Gasteiger partial charge in [-0.1, -0.05) is 71.2 Å². The molecule has 1 aromatic carbocycles. The van der Waals surface area contributed by atoms with Crippen LogP contribution in [-0.4, -0.2) is 61.5 Å². The van der Waals surface area contributed by atoms with E-state index >= 15 is 0 Å². The molecule has 232 valence electrons. The van der Waals surface area contributed by atoms with E-state index in [4.69, 9.17) is 5.11 Å². The molecule has 4 atom stereocenters. The quantitative estimate of drug-likeness (QED) is 0.311. The standard InChI is InChI=1S/C26H37FN2.C6H13NO2.C3H8/c1-19(24-10-3-4-12-26(24)28-2)20-13-15-29(16-14-20)18-22-8-6-11-25(22)21-7-5-9-23(27)17-21;1-4(2)5(7-3)6(8)9;1-3-2/h5,7,9,17,20,22,24-25H,1,3-4,6,8,10-16,18H2,2H3;4-5,7H,1-3H3,(H,8,9);3H2,1-2H3/t22?,24?,25-;;/m1../s1. The van der Waals surface area contributed by atoms with Crippen LogP contribution in [0.4, 0.5) is 4.39 Å². The Hall–Kier alpha value is -2.05. The van der Waals surface area contributed by atoms with Crippen LogP contribution in [0.1, 0.15) is 103 Å². The third-order valence-corrected chi connectivity index (χ3v) is 9.10. The van der Waals surface area contributed by atoms with Gasteiger partial charge in [0.1, 0.15) is 11.9 Å². The van der Waals surface area contributed by atoms with Gasteiger partial charge in [0.2, 0.25) is 0 Å². The lowest BCUT2D eigenvalue weighted by Crippen LogP contribution is -2.39. The first-order valence-electron chi connectivity index (χ1n) is 16.2. The highest BCUT2D eigenvalue weighted by Gasteiger charge is 2.33. The Balaban J connectivity index is 0.000000416. The van der Waals surface area contributed by atoms with Crippen molar-refractivity contribution in [2.45, 2.75) is 104 Å². The van der Waals surface area contributed by atoms with E-state index in [-0.39, 0.29) is 11.7 Å². The van der Waals surface area contributed by atoms with E-state index in [2.05, 4.69) is 41.7 Å². The first-order chi connectivity index (χ1) is 19.7. The molecule has 1 saturated heterocycles. The minimum atomic E-state index is -0.785. The second kappa shape index (κ2) is 18.5. The van der Waals surface area contributed by atoms with Gasteiger partial charge in [-0.15, -0.1) is 0 Å². The third kappa shape index (κ3) is 10.9. The molecule has 4 rings (SSSR count). The monoisotopic (exact) mass is 571 g/mol. The molecule has 0 bridgehead atoms. The Kier molecular flexibility index (Phi) is 15.8. The number of nitrogens with zero attached hydrogens (tertiary/aromatic N) is 2. The highest BCUT2D eigenvalue weighted by molar-refractivity contribution is 5.89. The lowest BCUT2D eigenvalue weighted by atomic mass is 9.75. The average molecular weight is 572 g/mol. The zero-order valence-corrected chi connectivity index (χ0v) is 26.8. The van der Waals surface area contributed by atoms with Crippen LogP contribution < -0.4 is 5.32 Å². The summed E-state index contributed by atoms with van der Waals surface area (Å²) >= 11 is 0. The van der Waals surface area contributed by atoms with Crippen molar-refractivity contribution in [3.05, 3.63) is 47.8 Å². The van der Waals surface area contributed by atoms with Gasteiger partial charge in [0.05, 0.1) is 0 Å². The minimum Gasteiger partial charge on any atom is -0.480 e. The Bertz CT molecular complexity index is 954. The predicted octanol–water partition coefficient (Wildman–Crippen LogP) is 7.97. The fourth-order valence-corrected chi connectivity index (χ4v) is 6.94. The maximum Gasteiger partial charge on any atom is 0.320 e. The van der Waals surface area contributed by atoms with Gasteiger partial charge in [-0.3, -0.25) is 9.79 Å². The van der Waals surface area contributed by atoms with Gasteiger partial charge in [-0.25, -0.2) is 4.39 Å². The lowest BCUT2D eigenvalue weighted by molar-refractivity contribution is -0.140. The molecular weight excluding hydrogens is 513 g/mol. The van der Waals surface area contributed by atoms with Crippen molar-refractivity contribution in [3.63, 3.8) is 0 Å². The van der Waals surface area contributed by atoms with Gasteiger partial charge in [0, 0.05) is 25.2 Å². The van der Waals surface area contributed by atoms with Gasteiger partial charge in [0.15, 0.2) is 0 Å². The molecular formula is C35H58FN3O2. The summed E-state index contributed by atoms with van der Waals surface area (Å²) in [6.45, 7) is 16.1. The second-order valence-corrected chi connectivity index (χ2v) is 12.6. The number of carboxylic acids is 1. The average Bonchev–Trinajstić information content (AvgIpc) is 3.42. The zero-order chi connectivity index (χ0) is 30.4. The summed E-state index contributed by atoms with van der Waals surface area (Å²) in [5, 5.41) is 11.2. The molecule has 1 aliphatic heterocycles. The molecule has 0 radical (unpaired) electrons. The molecule has 2 N–H and O–H groups in total. The van der Waals surface area contributed by atoms with Gasteiger partial charge in [-0.2, -0.15) is 0 Å². The number of aliphatic imine (C=N–C) groups is 1. The van der Waals surface area contributed by atoms with Gasteiger partial charge in [-0.05, 0) is 106 Å². The van der Waals surface area contributed by atoms with Crippen LogP contribution in [-0.2, 0) is 4.79 Å². The van der Waals surface area contributed by atoms with Crippen molar-refractivity contribution in [1.29, 1.82) is 0 Å². The molecule has 41 heavy (non-hydrogen) atoms. The summed E-state index contributed by atoms with van der Waals surface area (Å²) in [5.74, 6) is 1.68. The number of allylic oxidation sites excluding steroid dienone is 1. The molecule has 5 nitrogen and oxygen atoms in total. The number of hydrogen-bond acceptors (Lipinski definition) is 4. The van der Waals surface area contributed by atoms with Crippen LogP contribution in [0.25, 0.3) is 0 Å². The highest BCUT2D eigenvalue weighted by Crippen LogP contribution is 2.41. The zero-order valence-electron chi connectivity index (χ0n) is 26.8. The van der Waals surface area contributed by atoms with E-state index in [9.17, 15) is 9.18 Å². The smallest absolute Gasteiger partial charge is 0.320 e. The summed E-state index contributed by atoms with van der Waals surface area (Å²) in [5.41, 5.74) is 4.07. The number of carbonyl (C=O) groups is 1. The molecule has 3 fully saturated rings. The van der Waals surface area contributed by atoms with E-state index in [1.807, 2.05) is 27.0 Å². The number of benzene rings is 1. The first kappa shape index (κ1) is 35.1. The van der Waals surface area contributed by atoms with Crippen LogP contribution in [0.3, 0.4) is 0 Å². The number of carboxylic acid groups (broad SMARTS) is 1. The summed E-state index contributed by atoms with van der Waals surface area (Å²) in [6, 6.07) is 6.91. The highest BCUT2D eigenvalue weighted by atomic mass is 19.1. The SMILES string of the molecule is C=C(C1CCN(CC2CCC[C@@H]2c2cccc(F)c2)CC1)C1CCCCC1=NC.CCC.CNC(C(=O)O)C(C)C. The molecule has 3 unspecified atom stereocenters. The van der Waals surface area contributed by atoms with Crippen LogP contribution >= 0.6 is 0 Å². The minimum absolute atomic E-state index is 0.0924. The van der Waals surface area contributed by atoms with Gasteiger partial charge < -0.3 is 15.3 Å². The van der Waals surface area contributed by atoms with E-state index in [1.54, 1.807) is 19.2 Å². The van der Waals surface area contributed by atoms with E-state index in [1.165, 1.54) is 101 Å². The molecule has 2 aliphatic carbocycles. The maximum atomic E-state index is 13.7. The number of aliphatic carboxylic acids is 1. The summed E-state index contributed by atoms with van der Waals surface area (Å²) < 4.78 is 13.7. The Morgan fingerprint density at radius 3 is 2.34 bits per heavy atom. The van der Waals surface area contributed by atoms with Crippen molar-refractivity contribution in [2.24, 2.45) is 28.7 Å². The number of rotatable bonds is 8. The number of halogens is 1. The van der Waals surface area contributed by atoms with Crippen LogP contribution in [0.15, 0.2) is 41.4 Å². The molecule has 1 heterocycles. The fourth-order valence-electron chi connectivity index (χ4n) is 6.94. The van der Waals surface area contributed by atoms with Crippen LogP contribution in [0, 0.1) is 29.5 Å². The maximum absolute atomic E-state index is 13.7. The predicted molar refractivity (Wildman–Crippen MR) is 171 cm³/mol. The Labute approximate surface area is 250 Å². The lowest BCUT2D eigenvalue weighted by Gasteiger charge is -2.38. The second-order valence-electron chi connectivity index (χ2n) is 12.6. The molecule has 2 saturated carbocycles. The Morgan fingerprint density at radius 1 is 1.12 bits per heavy atom. The number of nitrogens with one attached hydrogen (secondary N) is 1. The summed E-state index contributed by atoms with van der Waals surface area (Å²) in [4.78, 5) is 17.6. The number of likely N-dealkylation sites (N-methyl/N-ethyl adjacent to an activating group) is 1. The topological polar surface area (TPSA) is 64.9 Å². The molecule has 1 aromatic rings. The van der Waals surface area contributed by atoms with E-state index in [0.29, 0.717) is 23.7 Å². The van der Waals surface area contributed by atoms with Gasteiger partial charge >= 0.3 is 5.97 Å². The van der Waals surface area contributed by atoms with Crippen LogP contribution in [0.2, 0.25) is 0 Å². The molecule has 3 aliphatic rings. The van der Waals surface area contributed by atoms with Crippen molar-refractivity contribution >= 4 is 11.7 Å².